The van der Waals surface area contributed by atoms with Crippen molar-refractivity contribution in [3.63, 3.8) is 0 Å². The van der Waals surface area contributed by atoms with Gasteiger partial charge >= 0.3 is 0 Å². The summed E-state index contributed by atoms with van der Waals surface area (Å²) in [5.41, 5.74) is 3.63. The molecule has 0 atom stereocenters. The highest BCUT2D eigenvalue weighted by Gasteiger charge is 2.09. The summed E-state index contributed by atoms with van der Waals surface area (Å²) in [4.78, 5) is 5.56. The monoisotopic (exact) mass is 250 g/mol. The zero-order chi connectivity index (χ0) is 12.4. The minimum Gasteiger partial charge on any atom is -0.362 e. The molecule has 17 heavy (non-hydrogen) atoms. The normalized spacial score (nSPS) is 10.8. The first-order valence-corrected chi connectivity index (χ1v) is 6.62. The van der Waals surface area contributed by atoms with Crippen LogP contribution in [0.5, 0.6) is 0 Å². The van der Waals surface area contributed by atoms with E-state index in [0.717, 1.165) is 23.9 Å². The Morgan fingerprint density at radius 3 is 2.71 bits per heavy atom. The number of hydrogen-bond donors (Lipinski definition) is 1. The van der Waals surface area contributed by atoms with Crippen LogP contribution in [-0.2, 0) is 6.54 Å². The number of thiazole rings is 1. The van der Waals surface area contributed by atoms with E-state index in [0.29, 0.717) is 0 Å². The van der Waals surface area contributed by atoms with Gasteiger partial charge < -0.3 is 5.32 Å². The van der Waals surface area contributed by atoms with Crippen LogP contribution >= 0.6 is 11.3 Å². The number of nitrogens with zero attached hydrogens (tertiary/aromatic N) is 3. The third-order valence-electron chi connectivity index (χ3n) is 2.93. The van der Waals surface area contributed by atoms with Crippen molar-refractivity contribution in [3.8, 4) is 0 Å². The molecule has 2 aromatic heterocycles. The second-order valence-corrected chi connectivity index (χ2v) is 5.23. The van der Waals surface area contributed by atoms with Crippen molar-refractivity contribution in [2.75, 3.05) is 11.9 Å². The molecule has 2 heterocycles. The summed E-state index contributed by atoms with van der Waals surface area (Å²) in [5.74, 6) is 0. The third kappa shape index (κ3) is 2.49. The zero-order valence-corrected chi connectivity index (χ0v) is 11.6. The van der Waals surface area contributed by atoms with Crippen LogP contribution in [0.2, 0.25) is 0 Å². The Morgan fingerprint density at radius 2 is 2.12 bits per heavy atom. The van der Waals surface area contributed by atoms with Gasteiger partial charge in [0.05, 0.1) is 12.2 Å². The molecule has 0 aliphatic rings. The van der Waals surface area contributed by atoms with Crippen LogP contribution in [0.4, 0.5) is 5.13 Å². The standard InChI is InChI=1S/C12H18N4S/c1-5-13-12-14-6-11(17-12)7-16-10(4)8(2)9(3)15-16/h6H,5,7H2,1-4H3,(H,13,14). The van der Waals surface area contributed by atoms with E-state index in [1.54, 1.807) is 11.3 Å². The van der Waals surface area contributed by atoms with E-state index in [9.17, 15) is 0 Å². The topological polar surface area (TPSA) is 42.7 Å². The number of hydrogen-bond acceptors (Lipinski definition) is 4. The van der Waals surface area contributed by atoms with Crippen molar-refractivity contribution in [1.82, 2.24) is 14.8 Å². The maximum atomic E-state index is 4.54. The third-order valence-corrected chi connectivity index (χ3v) is 3.87. The van der Waals surface area contributed by atoms with Gasteiger partial charge in [0.2, 0.25) is 0 Å². The van der Waals surface area contributed by atoms with Crippen LogP contribution in [0.25, 0.3) is 0 Å². The van der Waals surface area contributed by atoms with Gasteiger partial charge in [-0.3, -0.25) is 4.68 Å². The van der Waals surface area contributed by atoms with Gasteiger partial charge in [0.15, 0.2) is 5.13 Å². The fourth-order valence-electron chi connectivity index (χ4n) is 1.70. The van der Waals surface area contributed by atoms with E-state index in [1.807, 2.05) is 10.9 Å². The first kappa shape index (κ1) is 12.1. The molecule has 4 nitrogen and oxygen atoms in total. The first-order valence-electron chi connectivity index (χ1n) is 5.81. The largest absolute Gasteiger partial charge is 0.362 e. The molecule has 0 spiro atoms. The van der Waals surface area contributed by atoms with E-state index >= 15 is 0 Å². The summed E-state index contributed by atoms with van der Waals surface area (Å²) in [6.45, 7) is 10.1. The lowest BCUT2D eigenvalue weighted by Crippen LogP contribution is -2.02. The first-order chi connectivity index (χ1) is 8.11. The maximum Gasteiger partial charge on any atom is 0.182 e. The van der Waals surface area contributed by atoms with Gasteiger partial charge in [0.25, 0.3) is 0 Å². The number of nitrogens with one attached hydrogen (secondary N) is 1. The molecular weight excluding hydrogens is 232 g/mol. The molecule has 0 aromatic carbocycles. The molecule has 0 amide bonds. The Bertz CT molecular complexity index is 513. The van der Waals surface area contributed by atoms with Crippen molar-refractivity contribution < 1.29 is 0 Å². The van der Waals surface area contributed by atoms with E-state index < -0.39 is 0 Å². The predicted molar refractivity (Wildman–Crippen MR) is 71.8 cm³/mol. The van der Waals surface area contributed by atoms with Crippen LogP contribution in [0.3, 0.4) is 0 Å². The number of aryl methyl sites for hydroxylation is 1. The highest BCUT2D eigenvalue weighted by Crippen LogP contribution is 2.20. The van der Waals surface area contributed by atoms with Crippen LogP contribution < -0.4 is 5.32 Å². The highest BCUT2D eigenvalue weighted by atomic mass is 32.1. The average Bonchev–Trinajstić information content (AvgIpc) is 2.82. The number of aromatic nitrogens is 3. The fourth-order valence-corrected chi connectivity index (χ4v) is 2.56. The van der Waals surface area contributed by atoms with E-state index in [1.165, 1.54) is 16.1 Å². The summed E-state index contributed by atoms with van der Waals surface area (Å²) < 4.78 is 2.05. The lowest BCUT2D eigenvalue weighted by atomic mass is 10.2. The van der Waals surface area contributed by atoms with Crippen molar-refractivity contribution in [2.45, 2.75) is 34.2 Å². The number of rotatable bonds is 4. The van der Waals surface area contributed by atoms with Crippen LogP contribution in [0, 0.1) is 20.8 Å². The molecule has 2 rings (SSSR count). The lowest BCUT2D eigenvalue weighted by Gasteiger charge is -2.01. The van der Waals surface area contributed by atoms with Crippen LogP contribution in [0.1, 0.15) is 28.8 Å². The van der Waals surface area contributed by atoms with Gasteiger partial charge in [-0.25, -0.2) is 4.98 Å². The Morgan fingerprint density at radius 1 is 1.35 bits per heavy atom. The maximum absolute atomic E-state index is 4.54. The minimum atomic E-state index is 0.809. The van der Waals surface area contributed by atoms with Crippen molar-refractivity contribution >= 4 is 16.5 Å². The van der Waals surface area contributed by atoms with E-state index in [2.05, 4.69) is 43.1 Å². The average molecular weight is 250 g/mol. The summed E-state index contributed by atoms with van der Waals surface area (Å²) >= 11 is 1.69. The van der Waals surface area contributed by atoms with Gasteiger partial charge in [-0.2, -0.15) is 5.10 Å². The van der Waals surface area contributed by atoms with Gasteiger partial charge in [-0.1, -0.05) is 0 Å². The van der Waals surface area contributed by atoms with Gasteiger partial charge in [-0.05, 0) is 33.3 Å². The SMILES string of the molecule is CCNc1ncc(Cn2nc(C)c(C)c2C)s1. The predicted octanol–water partition coefficient (Wildman–Crippen LogP) is 2.74. The molecule has 92 valence electrons. The molecule has 2 aromatic rings. The van der Waals surface area contributed by atoms with E-state index in [-0.39, 0.29) is 0 Å². The lowest BCUT2D eigenvalue weighted by molar-refractivity contribution is 0.664. The molecule has 0 bridgehead atoms. The summed E-state index contributed by atoms with van der Waals surface area (Å²) in [6, 6.07) is 0. The van der Waals surface area contributed by atoms with Gasteiger partial charge in [0.1, 0.15) is 0 Å². The second-order valence-electron chi connectivity index (χ2n) is 4.12. The summed E-state index contributed by atoms with van der Waals surface area (Å²) in [7, 11) is 0. The quantitative estimate of drug-likeness (QED) is 0.907. The van der Waals surface area contributed by atoms with Gasteiger partial charge in [-0.15, -0.1) is 11.3 Å². The second kappa shape index (κ2) is 4.87. The Hall–Kier alpha value is -1.36. The Labute approximate surface area is 106 Å². The van der Waals surface area contributed by atoms with E-state index in [4.69, 9.17) is 0 Å². The fraction of sp³-hybridized carbons (Fsp3) is 0.500. The van der Waals surface area contributed by atoms with Crippen LogP contribution in [-0.4, -0.2) is 21.3 Å². The molecule has 0 fully saturated rings. The Kier molecular flexibility index (Phi) is 3.47. The molecule has 0 aliphatic carbocycles. The molecule has 0 unspecified atom stereocenters. The molecular formula is C12H18N4S. The van der Waals surface area contributed by atoms with Gasteiger partial charge in [0, 0.05) is 23.3 Å². The molecule has 0 saturated heterocycles. The van der Waals surface area contributed by atoms with Crippen LogP contribution in [0.15, 0.2) is 6.20 Å². The van der Waals surface area contributed by atoms with Crippen molar-refractivity contribution in [3.05, 3.63) is 28.0 Å². The van der Waals surface area contributed by atoms with Crippen molar-refractivity contribution in [2.24, 2.45) is 0 Å². The summed E-state index contributed by atoms with van der Waals surface area (Å²) in [5, 5.41) is 8.74. The summed E-state index contributed by atoms with van der Waals surface area (Å²) in [6.07, 6.45) is 1.93. The van der Waals surface area contributed by atoms with Crippen molar-refractivity contribution in [1.29, 1.82) is 0 Å². The highest BCUT2D eigenvalue weighted by molar-refractivity contribution is 7.15. The zero-order valence-electron chi connectivity index (χ0n) is 10.7. The smallest absolute Gasteiger partial charge is 0.182 e. The molecule has 0 aliphatic heterocycles. The molecule has 0 saturated carbocycles. The Balaban J connectivity index is 2.16. The molecule has 1 N–H and O–H groups in total. The minimum absolute atomic E-state index is 0.809. The molecule has 5 heteroatoms. The molecule has 0 radical (unpaired) electrons. The number of anilines is 1.